The molecule has 0 aromatic carbocycles. The predicted molar refractivity (Wildman–Crippen MR) is 63.9 cm³/mol. The van der Waals surface area contributed by atoms with Crippen LogP contribution in [-0.4, -0.2) is 57.7 Å². The number of anilines is 2. The van der Waals surface area contributed by atoms with Crippen molar-refractivity contribution in [2.75, 3.05) is 37.5 Å². The highest BCUT2D eigenvalue weighted by Crippen LogP contribution is 2.17. The Morgan fingerprint density at radius 3 is 2.29 bits per heavy atom. The fourth-order valence-corrected chi connectivity index (χ4v) is 1.21. The summed E-state index contributed by atoms with van der Waals surface area (Å²) in [6.45, 7) is 0.577. The van der Waals surface area contributed by atoms with Gasteiger partial charge in [0.1, 0.15) is 11.4 Å². The van der Waals surface area contributed by atoms with Crippen LogP contribution in [0, 0.1) is 6.92 Å². The molecule has 7 heteroatoms. The van der Waals surface area contributed by atoms with Gasteiger partial charge in [0.25, 0.3) is 0 Å². The molecule has 17 heavy (non-hydrogen) atoms. The number of aliphatic hydroxyl groups is 3. The van der Waals surface area contributed by atoms with E-state index in [2.05, 4.69) is 20.6 Å². The Morgan fingerprint density at radius 2 is 1.82 bits per heavy atom. The number of hydrogen-bond acceptors (Lipinski definition) is 7. The average Bonchev–Trinajstić information content (AvgIpc) is 2.38. The van der Waals surface area contributed by atoms with E-state index in [1.807, 2.05) is 0 Å². The summed E-state index contributed by atoms with van der Waals surface area (Å²) in [6.07, 6.45) is 1.61. The van der Waals surface area contributed by atoms with Crippen LogP contribution in [0.3, 0.4) is 0 Å². The van der Waals surface area contributed by atoms with Gasteiger partial charge in [0.05, 0.1) is 19.8 Å². The van der Waals surface area contributed by atoms with Crippen LogP contribution in [0.2, 0.25) is 0 Å². The molecule has 0 spiro atoms. The van der Waals surface area contributed by atoms with E-state index in [0.717, 1.165) is 5.56 Å². The molecule has 0 aliphatic heterocycles. The molecule has 0 saturated carbocycles. The quantitative estimate of drug-likeness (QED) is 0.433. The van der Waals surface area contributed by atoms with Crippen molar-refractivity contribution in [3.63, 3.8) is 0 Å². The van der Waals surface area contributed by atoms with Gasteiger partial charge in [-0.2, -0.15) is 4.98 Å². The number of aryl methyl sites for hydroxylation is 1. The standard InChI is InChI=1S/C10H18N4O3/c1-7-3-12-9(11-2)13-8(7)14-10(4-15,5-16)6-17/h3,15-17H,4-6H2,1-2H3,(H2,11,12,13,14). The minimum atomic E-state index is -1.19. The molecule has 1 aromatic heterocycles. The second-order valence-electron chi connectivity index (χ2n) is 3.85. The summed E-state index contributed by atoms with van der Waals surface area (Å²) in [5, 5.41) is 33.3. The molecule has 0 saturated heterocycles. The first-order valence-corrected chi connectivity index (χ1v) is 5.23. The summed E-state index contributed by atoms with van der Waals surface area (Å²) in [6, 6.07) is 0. The molecule has 0 aliphatic carbocycles. The zero-order valence-electron chi connectivity index (χ0n) is 9.93. The molecule has 0 radical (unpaired) electrons. The van der Waals surface area contributed by atoms with E-state index in [9.17, 15) is 15.3 Å². The van der Waals surface area contributed by atoms with Gasteiger partial charge in [-0.15, -0.1) is 0 Å². The number of aromatic nitrogens is 2. The van der Waals surface area contributed by atoms with Gasteiger partial charge < -0.3 is 26.0 Å². The molecule has 0 atom stereocenters. The molecule has 1 aromatic rings. The Kier molecular flexibility index (Phi) is 4.62. The zero-order chi connectivity index (χ0) is 12.9. The van der Waals surface area contributed by atoms with Crippen molar-refractivity contribution in [1.82, 2.24) is 9.97 Å². The van der Waals surface area contributed by atoms with E-state index in [1.165, 1.54) is 0 Å². The third kappa shape index (κ3) is 3.02. The third-order valence-corrected chi connectivity index (χ3v) is 2.49. The van der Waals surface area contributed by atoms with E-state index in [1.54, 1.807) is 20.2 Å². The molecule has 1 rings (SSSR count). The van der Waals surface area contributed by atoms with Gasteiger partial charge in [-0.3, -0.25) is 0 Å². The second kappa shape index (κ2) is 5.76. The van der Waals surface area contributed by atoms with Crippen molar-refractivity contribution < 1.29 is 15.3 Å². The molecule has 96 valence electrons. The van der Waals surface area contributed by atoms with Gasteiger partial charge in [-0.05, 0) is 6.92 Å². The Bertz CT molecular complexity index is 360. The van der Waals surface area contributed by atoms with Crippen LogP contribution < -0.4 is 10.6 Å². The van der Waals surface area contributed by atoms with Gasteiger partial charge in [0.2, 0.25) is 5.95 Å². The number of nitrogens with zero attached hydrogens (tertiary/aromatic N) is 2. The molecule has 0 fully saturated rings. The largest absolute Gasteiger partial charge is 0.394 e. The Hall–Kier alpha value is -1.44. The van der Waals surface area contributed by atoms with Crippen molar-refractivity contribution in [2.24, 2.45) is 0 Å². The highest BCUT2D eigenvalue weighted by atomic mass is 16.3. The average molecular weight is 242 g/mol. The molecular weight excluding hydrogens is 224 g/mol. The summed E-state index contributed by atoms with van der Waals surface area (Å²) in [4.78, 5) is 8.17. The van der Waals surface area contributed by atoms with Gasteiger partial charge in [0.15, 0.2) is 0 Å². The van der Waals surface area contributed by atoms with Crippen LogP contribution in [0.4, 0.5) is 11.8 Å². The van der Waals surface area contributed by atoms with Gasteiger partial charge in [-0.1, -0.05) is 0 Å². The van der Waals surface area contributed by atoms with E-state index < -0.39 is 25.4 Å². The minimum absolute atomic E-state index is 0.404. The van der Waals surface area contributed by atoms with Gasteiger partial charge in [0, 0.05) is 18.8 Å². The molecular formula is C10H18N4O3. The van der Waals surface area contributed by atoms with Gasteiger partial charge in [-0.25, -0.2) is 4.98 Å². The third-order valence-electron chi connectivity index (χ3n) is 2.49. The maximum atomic E-state index is 9.21. The fraction of sp³-hybridized carbons (Fsp3) is 0.600. The maximum Gasteiger partial charge on any atom is 0.224 e. The Balaban J connectivity index is 2.99. The smallest absolute Gasteiger partial charge is 0.224 e. The van der Waals surface area contributed by atoms with Crippen molar-refractivity contribution in [2.45, 2.75) is 12.5 Å². The fourth-order valence-electron chi connectivity index (χ4n) is 1.21. The maximum absolute atomic E-state index is 9.21. The van der Waals surface area contributed by atoms with E-state index in [0.29, 0.717) is 11.8 Å². The summed E-state index contributed by atoms with van der Waals surface area (Å²) in [7, 11) is 1.69. The summed E-state index contributed by atoms with van der Waals surface area (Å²) in [5.41, 5.74) is -0.437. The lowest BCUT2D eigenvalue weighted by Gasteiger charge is -2.29. The lowest BCUT2D eigenvalue weighted by molar-refractivity contribution is 0.0830. The van der Waals surface area contributed by atoms with Crippen molar-refractivity contribution in [3.8, 4) is 0 Å². The van der Waals surface area contributed by atoms with Crippen LogP contribution in [0.15, 0.2) is 6.20 Å². The minimum Gasteiger partial charge on any atom is -0.394 e. The Labute approximate surface area is 99.5 Å². The molecule has 5 N–H and O–H groups in total. The van der Waals surface area contributed by atoms with Crippen molar-refractivity contribution in [1.29, 1.82) is 0 Å². The Morgan fingerprint density at radius 1 is 1.24 bits per heavy atom. The molecule has 0 amide bonds. The van der Waals surface area contributed by atoms with E-state index >= 15 is 0 Å². The van der Waals surface area contributed by atoms with Gasteiger partial charge >= 0.3 is 0 Å². The number of rotatable bonds is 6. The van der Waals surface area contributed by atoms with Crippen LogP contribution in [0.1, 0.15) is 5.56 Å². The van der Waals surface area contributed by atoms with E-state index in [-0.39, 0.29) is 0 Å². The van der Waals surface area contributed by atoms with Crippen molar-refractivity contribution in [3.05, 3.63) is 11.8 Å². The highest BCUT2D eigenvalue weighted by Gasteiger charge is 2.28. The lowest BCUT2D eigenvalue weighted by Crippen LogP contribution is -2.49. The van der Waals surface area contributed by atoms with Crippen molar-refractivity contribution >= 4 is 11.8 Å². The first kappa shape index (κ1) is 13.6. The second-order valence-corrected chi connectivity index (χ2v) is 3.85. The SMILES string of the molecule is CNc1ncc(C)c(NC(CO)(CO)CO)n1. The predicted octanol–water partition coefficient (Wildman–Crippen LogP) is -1.05. The van der Waals surface area contributed by atoms with Crippen LogP contribution in [0.5, 0.6) is 0 Å². The van der Waals surface area contributed by atoms with Crippen LogP contribution in [-0.2, 0) is 0 Å². The number of hydrogen-bond donors (Lipinski definition) is 5. The zero-order valence-corrected chi connectivity index (χ0v) is 9.93. The van der Waals surface area contributed by atoms with Crippen LogP contribution in [0.25, 0.3) is 0 Å². The topological polar surface area (TPSA) is 111 Å². The number of nitrogens with one attached hydrogen (secondary N) is 2. The van der Waals surface area contributed by atoms with Crippen LogP contribution >= 0.6 is 0 Å². The van der Waals surface area contributed by atoms with E-state index in [4.69, 9.17) is 0 Å². The molecule has 1 heterocycles. The first-order chi connectivity index (χ1) is 8.10. The monoisotopic (exact) mass is 242 g/mol. The lowest BCUT2D eigenvalue weighted by atomic mass is 10.0. The normalized spacial score (nSPS) is 11.4. The molecule has 0 aliphatic rings. The molecule has 7 nitrogen and oxygen atoms in total. The first-order valence-electron chi connectivity index (χ1n) is 5.23. The molecule has 0 unspecified atom stereocenters. The highest BCUT2D eigenvalue weighted by molar-refractivity contribution is 5.48. The molecule has 0 bridgehead atoms. The number of aliphatic hydroxyl groups excluding tert-OH is 3. The summed E-state index contributed by atoms with van der Waals surface area (Å²) < 4.78 is 0. The summed E-state index contributed by atoms with van der Waals surface area (Å²) in [5.74, 6) is 0.877. The summed E-state index contributed by atoms with van der Waals surface area (Å²) >= 11 is 0.